The molecule has 0 saturated carbocycles. The van der Waals surface area contributed by atoms with Gasteiger partial charge in [-0.15, -0.1) is 0 Å². The van der Waals surface area contributed by atoms with Crippen molar-refractivity contribution in [3.63, 3.8) is 0 Å². The van der Waals surface area contributed by atoms with Gasteiger partial charge in [-0.05, 0) is 43.2 Å². The Balaban J connectivity index is 2.17. The van der Waals surface area contributed by atoms with E-state index in [4.69, 9.17) is 17.3 Å². The molecule has 1 aromatic heterocycles. The Kier molecular flexibility index (Phi) is 4.66. The minimum Gasteiger partial charge on any atom is -0.324 e. The number of benzene rings is 1. The van der Waals surface area contributed by atoms with Crippen LogP contribution in [0.5, 0.6) is 0 Å². The van der Waals surface area contributed by atoms with Crippen molar-refractivity contribution >= 4 is 23.8 Å². The van der Waals surface area contributed by atoms with E-state index in [2.05, 4.69) is 0 Å². The maximum atomic E-state index is 12.0. The van der Waals surface area contributed by atoms with Crippen molar-refractivity contribution in [2.75, 3.05) is 0 Å². The van der Waals surface area contributed by atoms with E-state index in [1.54, 1.807) is 16.8 Å². The topological polar surface area (TPSA) is 48.0 Å². The van der Waals surface area contributed by atoms with Crippen LogP contribution in [0.1, 0.15) is 25.0 Å². The molecule has 4 heteroatoms. The molecule has 0 amide bonds. The zero-order valence-electron chi connectivity index (χ0n) is 12.2. The van der Waals surface area contributed by atoms with E-state index in [-0.39, 0.29) is 5.56 Å². The zero-order chi connectivity index (χ0) is 15.5. The van der Waals surface area contributed by atoms with Gasteiger partial charge in [0.2, 0.25) is 0 Å². The number of halogens is 1. The monoisotopic (exact) mass is 302 g/mol. The van der Waals surface area contributed by atoms with Crippen molar-refractivity contribution in [1.29, 1.82) is 0 Å². The van der Waals surface area contributed by atoms with E-state index in [1.807, 2.05) is 56.3 Å². The van der Waals surface area contributed by atoms with Gasteiger partial charge in [-0.1, -0.05) is 35.9 Å². The summed E-state index contributed by atoms with van der Waals surface area (Å²) in [6, 6.07) is 11.0. The van der Waals surface area contributed by atoms with Crippen LogP contribution in [0.3, 0.4) is 0 Å². The van der Waals surface area contributed by atoms with Crippen LogP contribution in [-0.4, -0.2) is 10.1 Å². The maximum absolute atomic E-state index is 12.0. The fraction of sp³-hybridized carbons (Fsp3) is 0.235. The van der Waals surface area contributed by atoms with Crippen LogP contribution < -0.4 is 11.3 Å². The van der Waals surface area contributed by atoms with E-state index in [1.165, 1.54) is 0 Å². The summed E-state index contributed by atoms with van der Waals surface area (Å²) < 4.78 is 1.62. The summed E-state index contributed by atoms with van der Waals surface area (Å²) in [4.78, 5) is 12.0. The van der Waals surface area contributed by atoms with Crippen LogP contribution in [0, 0.1) is 0 Å². The highest BCUT2D eigenvalue weighted by Gasteiger charge is 2.11. The Labute approximate surface area is 129 Å². The molecule has 0 saturated heterocycles. The molecule has 1 heterocycles. The Bertz CT molecular complexity index is 694. The largest absolute Gasteiger partial charge is 0.324 e. The molecule has 0 spiro atoms. The second kappa shape index (κ2) is 6.29. The first-order valence-corrected chi connectivity index (χ1v) is 7.14. The highest BCUT2D eigenvalue weighted by Crippen LogP contribution is 2.12. The molecular formula is C17H19ClN2O. The Morgan fingerprint density at radius 1 is 1.14 bits per heavy atom. The predicted octanol–water partition coefficient (Wildman–Crippen LogP) is 3.41. The van der Waals surface area contributed by atoms with Crippen molar-refractivity contribution in [2.45, 2.75) is 25.9 Å². The molecule has 21 heavy (non-hydrogen) atoms. The lowest BCUT2D eigenvalue weighted by Gasteiger charge is -2.19. The third kappa shape index (κ3) is 4.88. The zero-order valence-corrected chi connectivity index (χ0v) is 13.0. The normalized spacial score (nSPS) is 12.0. The van der Waals surface area contributed by atoms with Crippen molar-refractivity contribution < 1.29 is 0 Å². The fourth-order valence-corrected chi connectivity index (χ4v) is 2.09. The van der Waals surface area contributed by atoms with Gasteiger partial charge < -0.3 is 10.3 Å². The molecule has 0 aliphatic rings. The average Bonchev–Trinajstić information content (AvgIpc) is 2.40. The molecule has 0 unspecified atom stereocenters. The van der Waals surface area contributed by atoms with Gasteiger partial charge in [0.1, 0.15) is 0 Å². The number of pyridine rings is 1. The SMILES string of the molecule is CC(C)(N)Cn1ccc(/C=C/c2ccc(Cl)cc2)cc1=O. The average molecular weight is 303 g/mol. The fourth-order valence-electron chi connectivity index (χ4n) is 1.96. The van der Waals surface area contributed by atoms with Crippen LogP contribution in [0.4, 0.5) is 0 Å². The number of hydrogen-bond acceptors (Lipinski definition) is 2. The summed E-state index contributed by atoms with van der Waals surface area (Å²) in [5.41, 5.74) is 7.37. The minimum absolute atomic E-state index is 0.0493. The third-order valence-electron chi connectivity index (χ3n) is 2.94. The van der Waals surface area contributed by atoms with Gasteiger partial charge in [-0.3, -0.25) is 4.79 Å². The highest BCUT2D eigenvalue weighted by atomic mass is 35.5. The van der Waals surface area contributed by atoms with E-state index in [9.17, 15) is 4.79 Å². The molecule has 2 N–H and O–H groups in total. The summed E-state index contributed by atoms with van der Waals surface area (Å²) in [6.45, 7) is 4.29. The van der Waals surface area contributed by atoms with E-state index in [0.29, 0.717) is 11.6 Å². The second-order valence-electron chi connectivity index (χ2n) is 5.80. The molecule has 0 radical (unpaired) electrons. The highest BCUT2D eigenvalue weighted by molar-refractivity contribution is 6.30. The first-order chi connectivity index (χ1) is 9.83. The van der Waals surface area contributed by atoms with Crippen molar-refractivity contribution in [3.05, 3.63) is 69.1 Å². The lowest BCUT2D eigenvalue weighted by molar-refractivity contribution is 0.426. The molecule has 0 atom stereocenters. The molecule has 110 valence electrons. The van der Waals surface area contributed by atoms with E-state index >= 15 is 0 Å². The number of hydrogen-bond donors (Lipinski definition) is 1. The van der Waals surface area contributed by atoms with Crippen LogP contribution >= 0.6 is 11.6 Å². The van der Waals surface area contributed by atoms with E-state index < -0.39 is 5.54 Å². The molecule has 1 aromatic carbocycles. The van der Waals surface area contributed by atoms with Gasteiger partial charge in [0.05, 0.1) is 0 Å². The molecule has 0 aliphatic carbocycles. The quantitative estimate of drug-likeness (QED) is 0.941. The summed E-state index contributed by atoms with van der Waals surface area (Å²) in [5, 5.41) is 0.708. The first kappa shape index (κ1) is 15.5. The first-order valence-electron chi connectivity index (χ1n) is 6.76. The maximum Gasteiger partial charge on any atom is 0.251 e. The number of nitrogens with two attached hydrogens (primary N) is 1. The van der Waals surface area contributed by atoms with Gasteiger partial charge >= 0.3 is 0 Å². The number of rotatable bonds is 4. The Morgan fingerprint density at radius 2 is 1.76 bits per heavy atom. The lowest BCUT2D eigenvalue weighted by Crippen LogP contribution is -2.40. The molecule has 0 fully saturated rings. The Morgan fingerprint density at radius 3 is 2.33 bits per heavy atom. The summed E-state index contributed by atoms with van der Waals surface area (Å²) >= 11 is 5.84. The van der Waals surface area contributed by atoms with Crippen molar-refractivity contribution in [1.82, 2.24) is 4.57 Å². The molecule has 0 aliphatic heterocycles. The summed E-state index contributed by atoms with van der Waals surface area (Å²) in [6.07, 6.45) is 5.63. The molecule has 2 aromatic rings. The van der Waals surface area contributed by atoms with E-state index in [0.717, 1.165) is 11.1 Å². The van der Waals surface area contributed by atoms with Gasteiger partial charge in [-0.2, -0.15) is 0 Å². The molecular weight excluding hydrogens is 284 g/mol. The van der Waals surface area contributed by atoms with Crippen molar-refractivity contribution in [3.8, 4) is 0 Å². The third-order valence-corrected chi connectivity index (χ3v) is 3.19. The summed E-state index contributed by atoms with van der Waals surface area (Å²) in [7, 11) is 0. The van der Waals surface area contributed by atoms with Gasteiger partial charge in [0.15, 0.2) is 0 Å². The molecule has 0 bridgehead atoms. The lowest BCUT2D eigenvalue weighted by atomic mass is 10.1. The standard InChI is InChI=1S/C17H19ClN2O/c1-17(2,19)12-20-10-9-14(11-16(20)21)4-3-13-5-7-15(18)8-6-13/h3-11H,12,19H2,1-2H3/b4-3+. The number of nitrogens with zero attached hydrogens (tertiary/aromatic N) is 1. The summed E-state index contributed by atoms with van der Waals surface area (Å²) in [5.74, 6) is 0. The van der Waals surface area contributed by atoms with Gasteiger partial charge in [0, 0.05) is 29.4 Å². The van der Waals surface area contributed by atoms with Crippen LogP contribution in [0.25, 0.3) is 12.2 Å². The van der Waals surface area contributed by atoms with Crippen LogP contribution in [-0.2, 0) is 6.54 Å². The predicted molar refractivity (Wildman–Crippen MR) is 89.3 cm³/mol. The van der Waals surface area contributed by atoms with Crippen molar-refractivity contribution in [2.24, 2.45) is 5.73 Å². The van der Waals surface area contributed by atoms with Crippen LogP contribution in [0.15, 0.2) is 47.4 Å². The van der Waals surface area contributed by atoms with Gasteiger partial charge in [-0.25, -0.2) is 0 Å². The molecule has 3 nitrogen and oxygen atoms in total. The van der Waals surface area contributed by atoms with Crippen LogP contribution in [0.2, 0.25) is 5.02 Å². The minimum atomic E-state index is -0.412. The smallest absolute Gasteiger partial charge is 0.251 e. The van der Waals surface area contributed by atoms with Gasteiger partial charge in [0.25, 0.3) is 5.56 Å². The molecule has 2 rings (SSSR count). The Hall–Kier alpha value is -1.84. The number of aromatic nitrogens is 1. The second-order valence-corrected chi connectivity index (χ2v) is 6.24.